The summed E-state index contributed by atoms with van der Waals surface area (Å²) in [4.78, 5) is 33.7. The summed E-state index contributed by atoms with van der Waals surface area (Å²) in [6.07, 6.45) is -3.13. The fraction of sp³-hybridized carbons (Fsp3) is 0.500. The van der Waals surface area contributed by atoms with Crippen molar-refractivity contribution in [1.82, 2.24) is 20.8 Å². The third-order valence-electron chi connectivity index (χ3n) is 5.60. The molecule has 2 aliphatic rings. The molecular weight excluding hydrogens is 449 g/mol. The van der Waals surface area contributed by atoms with Crippen molar-refractivity contribution in [3.63, 3.8) is 0 Å². The number of ether oxygens (including phenoxy) is 2. The molecule has 1 amide bonds. The highest BCUT2D eigenvalue weighted by atomic mass is 19.4. The number of carboxylic acids is 1. The normalized spacial score (nSPS) is 19.5. The Hall–Kier alpha value is -3.35. The Labute approximate surface area is 185 Å². The van der Waals surface area contributed by atoms with Gasteiger partial charge in [-0.3, -0.25) is 14.7 Å². The van der Waals surface area contributed by atoms with Gasteiger partial charge in [-0.05, 0) is 44.1 Å². The van der Waals surface area contributed by atoms with E-state index >= 15 is 0 Å². The van der Waals surface area contributed by atoms with Crippen molar-refractivity contribution in [3.05, 3.63) is 23.9 Å². The number of amides is 1. The van der Waals surface area contributed by atoms with Crippen LogP contribution in [0.4, 0.5) is 13.2 Å². The number of nitrogens with zero attached hydrogens (tertiary/aromatic N) is 1. The number of aliphatic carboxylic acids is 1. The number of fused-ring (bicyclic) bond motifs is 1. The second-order valence-corrected chi connectivity index (χ2v) is 7.76. The van der Waals surface area contributed by atoms with Crippen LogP contribution >= 0.6 is 0 Å². The van der Waals surface area contributed by atoms with Crippen molar-refractivity contribution in [1.29, 1.82) is 0 Å². The van der Waals surface area contributed by atoms with Crippen LogP contribution in [0.2, 0.25) is 0 Å². The van der Waals surface area contributed by atoms with Crippen LogP contribution in [-0.2, 0) is 14.3 Å². The maximum Gasteiger partial charge on any atom is 0.490 e. The Balaban J connectivity index is 0.000000383. The molecular formula is C20H23F3N4O6. The fourth-order valence-corrected chi connectivity index (χ4v) is 3.85. The zero-order valence-corrected chi connectivity index (χ0v) is 17.6. The number of carboxylic acid groups (broad SMARTS) is 1. The average molecular weight is 472 g/mol. The monoisotopic (exact) mass is 472 g/mol. The number of aromatic amines is 1. The molecule has 2 saturated heterocycles. The molecule has 33 heavy (non-hydrogen) atoms. The molecule has 10 nitrogen and oxygen atoms in total. The zero-order valence-electron chi connectivity index (χ0n) is 17.6. The van der Waals surface area contributed by atoms with E-state index < -0.39 is 12.1 Å². The second-order valence-electron chi connectivity index (χ2n) is 7.76. The number of hydrogen-bond acceptors (Lipinski definition) is 7. The first-order chi connectivity index (χ1) is 15.6. The Bertz CT molecular complexity index is 1030. The summed E-state index contributed by atoms with van der Waals surface area (Å²) < 4.78 is 42.5. The number of esters is 1. The van der Waals surface area contributed by atoms with Crippen LogP contribution in [0.25, 0.3) is 10.9 Å². The lowest BCUT2D eigenvalue weighted by atomic mass is 9.76. The number of rotatable bonds is 4. The summed E-state index contributed by atoms with van der Waals surface area (Å²) in [5, 5.41) is 20.9. The molecule has 2 aromatic rings. The number of aromatic nitrogens is 2. The van der Waals surface area contributed by atoms with E-state index in [2.05, 4.69) is 20.8 Å². The zero-order chi connectivity index (χ0) is 24.2. The average Bonchev–Trinajstić information content (AvgIpc) is 3.33. The Morgan fingerprint density at radius 1 is 1.33 bits per heavy atom. The molecule has 1 atom stereocenters. The van der Waals surface area contributed by atoms with Gasteiger partial charge in [0.1, 0.15) is 11.9 Å². The third-order valence-corrected chi connectivity index (χ3v) is 5.60. The first-order valence-corrected chi connectivity index (χ1v) is 10.1. The molecule has 1 unspecified atom stereocenters. The number of hydrogen-bond donors (Lipinski definition) is 4. The minimum Gasteiger partial charge on any atom is -0.497 e. The SMILES string of the molecule is COc1ccc2[nH]nc(C(=O)NCC3CC4(CCNCC4)C(=O)O3)c2c1.O=C(O)C(F)(F)F. The minimum atomic E-state index is -5.08. The first-order valence-electron chi connectivity index (χ1n) is 10.1. The lowest BCUT2D eigenvalue weighted by molar-refractivity contribution is -0.192. The van der Waals surface area contributed by atoms with Crippen molar-refractivity contribution in [3.8, 4) is 5.75 Å². The lowest BCUT2D eigenvalue weighted by Crippen LogP contribution is -2.39. The molecule has 180 valence electrons. The van der Waals surface area contributed by atoms with E-state index in [0.29, 0.717) is 23.3 Å². The van der Waals surface area contributed by atoms with Crippen molar-refractivity contribution in [2.24, 2.45) is 5.41 Å². The van der Waals surface area contributed by atoms with Gasteiger partial charge in [-0.15, -0.1) is 0 Å². The maximum atomic E-state index is 12.5. The van der Waals surface area contributed by atoms with Gasteiger partial charge in [0.25, 0.3) is 5.91 Å². The quantitative estimate of drug-likeness (QED) is 0.492. The Kier molecular flexibility index (Phi) is 7.10. The highest BCUT2D eigenvalue weighted by Gasteiger charge is 2.49. The van der Waals surface area contributed by atoms with E-state index in [4.69, 9.17) is 19.4 Å². The third kappa shape index (κ3) is 5.53. The number of methoxy groups -OCH3 is 1. The molecule has 3 heterocycles. The highest BCUT2D eigenvalue weighted by Crippen LogP contribution is 2.41. The van der Waals surface area contributed by atoms with Gasteiger partial charge in [0, 0.05) is 11.8 Å². The molecule has 2 fully saturated rings. The summed E-state index contributed by atoms with van der Waals surface area (Å²) in [7, 11) is 1.58. The molecule has 13 heteroatoms. The van der Waals surface area contributed by atoms with Crippen molar-refractivity contribution < 1.29 is 42.1 Å². The summed E-state index contributed by atoms with van der Waals surface area (Å²) in [6.45, 7) is 1.95. The van der Waals surface area contributed by atoms with E-state index in [1.54, 1.807) is 19.2 Å². The molecule has 4 N–H and O–H groups in total. The van der Waals surface area contributed by atoms with Crippen molar-refractivity contribution in [2.75, 3.05) is 26.7 Å². The molecule has 2 aliphatic heterocycles. The number of piperidine rings is 1. The van der Waals surface area contributed by atoms with Gasteiger partial charge in [0.05, 0.1) is 24.6 Å². The van der Waals surface area contributed by atoms with Gasteiger partial charge in [0.2, 0.25) is 0 Å². The fourth-order valence-electron chi connectivity index (χ4n) is 3.85. The number of H-pyrrole nitrogens is 1. The van der Waals surface area contributed by atoms with Crippen LogP contribution in [0.5, 0.6) is 5.75 Å². The van der Waals surface area contributed by atoms with Gasteiger partial charge in [-0.1, -0.05) is 0 Å². The second kappa shape index (κ2) is 9.65. The number of carbonyl (C=O) groups excluding carboxylic acids is 2. The maximum absolute atomic E-state index is 12.5. The summed E-state index contributed by atoms with van der Waals surface area (Å²) >= 11 is 0. The molecule has 0 aliphatic carbocycles. The van der Waals surface area contributed by atoms with Gasteiger partial charge in [0.15, 0.2) is 5.69 Å². The summed E-state index contributed by atoms with van der Waals surface area (Å²) in [6, 6.07) is 5.39. The van der Waals surface area contributed by atoms with E-state index in [0.717, 1.165) is 31.4 Å². The Morgan fingerprint density at radius 3 is 2.61 bits per heavy atom. The number of carbonyl (C=O) groups is 3. The number of nitrogens with one attached hydrogen (secondary N) is 3. The summed E-state index contributed by atoms with van der Waals surface area (Å²) in [5.41, 5.74) is 0.684. The lowest BCUT2D eigenvalue weighted by Gasteiger charge is -2.29. The minimum absolute atomic E-state index is 0.131. The van der Waals surface area contributed by atoms with Gasteiger partial charge >= 0.3 is 18.1 Å². The van der Waals surface area contributed by atoms with Gasteiger partial charge < -0.3 is 25.2 Å². The van der Waals surface area contributed by atoms with Crippen molar-refractivity contribution >= 4 is 28.7 Å². The van der Waals surface area contributed by atoms with Crippen LogP contribution in [0.15, 0.2) is 18.2 Å². The first kappa shape index (κ1) is 24.3. The van der Waals surface area contributed by atoms with Crippen LogP contribution in [0.3, 0.4) is 0 Å². The van der Waals surface area contributed by atoms with Crippen LogP contribution in [0.1, 0.15) is 29.8 Å². The number of alkyl halides is 3. The van der Waals surface area contributed by atoms with Crippen molar-refractivity contribution in [2.45, 2.75) is 31.5 Å². The van der Waals surface area contributed by atoms with E-state index in [1.165, 1.54) is 0 Å². The largest absolute Gasteiger partial charge is 0.497 e. The highest BCUT2D eigenvalue weighted by molar-refractivity contribution is 6.05. The number of benzene rings is 1. The Morgan fingerprint density at radius 2 is 2.00 bits per heavy atom. The van der Waals surface area contributed by atoms with Crippen LogP contribution < -0.4 is 15.4 Å². The number of cyclic esters (lactones) is 1. The molecule has 4 rings (SSSR count). The van der Waals surface area contributed by atoms with Crippen LogP contribution in [0, 0.1) is 5.41 Å². The molecule has 0 bridgehead atoms. The molecule has 1 aromatic carbocycles. The van der Waals surface area contributed by atoms with Gasteiger partial charge in [-0.25, -0.2) is 4.79 Å². The van der Waals surface area contributed by atoms with Crippen LogP contribution in [-0.4, -0.2) is 72.2 Å². The summed E-state index contributed by atoms with van der Waals surface area (Å²) in [5.74, 6) is -2.53. The molecule has 0 saturated carbocycles. The predicted octanol–water partition coefficient (Wildman–Crippen LogP) is 1.62. The number of halogens is 3. The van der Waals surface area contributed by atoms with E-state index in [1.807, 2.05) is 6.07 Å². The predicted molar refractivity (Wildman–Crippen MR) is 108 cm³/mol. The molecule has 1 aromatic heterocycles. The topological polar surface area (TPSA) is 143 Å². The smallest absolute Gasteiger partial charge is 0.490 e. The van der Waals surface area contributed by atoms with E-state index in [-0.39, 0.29) is 29.9 Å². The molecule has 1 spiro atoms. The van der Waals surface area contributed by atoms with Gasteiger partial charge in [-0.2, -0.15) is 18.3 Å². The van der Waals surface area contributed by atoms with E-state index in [9.17, 15) is 22.8 Å². The standard InChI is InChI=1S/C18H22N4O4.C2HF3O2/c1-25-11-2-3-14-13(8-11)15(22-21-14)16(23)20-10-12-9-18(17(24)26-12)4-6-19-7-5-18;3-2(4,5)1(6)7/h2-3,8,12,19H,4-7,9-10H2,1H3,(H,20,23)(H,21,22);(H,6,7). The molecule has 0 radical (unpaired) electrons.